The normalized spacial score (nSPS) is 10.7. The van der Waals surface area contributed by atoms with Crippen LogP contribution in [0.4, 0.5) is 0 Å². The average molecular weight is 370 g/mol. The molecule has 0 bridgehead atoms. The summed E-state index contributed by atoms with van der Waals surface area (Å²) in [5.41, 5.74) is 2.60. The maximum atomic E-state index is 12.5. The lowest BCUT2D eigenvalue weighted by atomic mass is 10.2. The van der Waals surface area contributed by atoms with Gasteiger partial charge in [-0.3, -0.25) is 9.78 Å². The number of pyridine rings is 1. The maximum Gasteiger partial charge on any atom is 0.228 e. The van der Waals surface area contributed by atoms with Gasteiger partial charge in [0.2, 0.25) is 11.8 Å². The first-order valence-electron chi connectivity index (χ1n) is 8.38. The Labute approximate surface area is 157 Å². The lowest BCUT2D eigenvalue weighted by molar-refractivity contribution is -0.129. The molecular formula is C20H20ClN3O2. The Bertz CT molecular complexity index is 893. The topological polar surface area (TPSA) is 59.2 Å². The smallest absolute Gasteiger partial charge is 0.228 e. The highest BCUT2D eigenvalue weighted by Gasteiger charge is 2.17. The van der Waals surface area contributed by atoms with Gasteiger partial charge in [0.05, 0.1) is 12.1 Å². The largest absolute Gasteiger partial charge is 0.441 e. The second-order valence-electron chi connectivity index (χ2n) is 6.13. The van der Waals surface area contributed by atoms with Gasteiger partial charge in [-0.15, -0.1) is 0 Å². The average Bonchev–Trinajstić information content (AvgIpc) is 3.01. The second-order valence-corrected chi connectivity index (χ2v) is 6.57. The molecule has 0 fully saturated rings. The molecule has 2 heterocycles. The number of rotatable bonds is 6. The van der Waals surface area contributed by atoms with Gasteiger partial charge in [-0.25, -0.2) is 4.98 Å². The molecule has 0 aliphatic heterocycles. The van der Waals surface area contributed by atoms with E-state index in [2.05, 4.69) is 9.97 Å². The van der Waals surface area contributed by atoms with Gasteiger partial charge in [-0.05, 0) is 49.2 Å². The first-order valence-corrected chi connectivity index (χ1v) is 8.76. The van der Waals surface area contributed by atoms with Crippen LogP contribution in [0.5, 0.6) is 0 Å². The molecule has 0 saturated carbocycles. The van der Waals surface area contributed by atoms with E-state index in [-0.39, 0.29) is 12.3 Å². The first kappa shape index (κ1) is 18.1. The minimum atomic E-state index is 0.00750. The van der Waals surface area contributed by atoms with E-state index in [0.717, 1.165) is 17.5 Å². The van der Waals surface area contributed by atoms with Crippen LogP contribution < -0.4 is 0 Å². The molecule has 5 nitrogen and oxygen atoms in total. The van der Waals surface area contributed by atoms with Crippen molar-refractivity contribution in [3.63, 3.8) is 0 Å². The summed E-state index contributed by atoms with van der Waals surface area (Å²) in [5.74, 6) is 1.14. The molecule has 1 aromatic carbocycles. The van der Waals surface area contributed by atoms with Crippen molar-refractivity contribution in [2.75, 3.05) is 13.6 Å². The summed E-state index contributed by atoms with van der Waals surface area (Å²) in [6, 6.07) is 11.2. The number of halogens is 1. The molecule has 26 heavy (non-hydrogen) atoms. The van der Waals surface area contributed by atoms with E-state index in [1.54, 1.807) is 36.5 Å². The van der Waals surface area contributed by atoms with Gasteiger partial charge in [0.25, 0.3) is 0 Å². The van der Waals surface area contributed by atoms with Crippen LogP contribution in [0.1, 0.15) is 17.0 Å². The zero-order valence-electron chi connectivity index (χ0n) is 14.8. The third-order valence-corrected chi connectivity index (χ3v) is 4.43. The number of oxazole rings is 1. The highest BCUT2D eigenvalue weighted by Crippen LogP contribution is 2.24. The standard InChI is InChI=1S/C20H20ClN3O2/c1-14-18(23-20(26-14)16-4-3-5-17(21)12-16)13-19(25)24(2)11-8-15-6-9-22-10-7-15/h3-7,9-10,12H,8,11,13H2,1-2H3. The Morgan fingerprint density at radius 1 is 1.23 bits per heavy atom. The highest BCUT2D eigenvalue weighted by atomic mass is 35.5. The number of aryl methyl sites for hydroxylation is 1. The predicted octanol–water partition coefficient (Wildman–Crippen LogP) is 3.94. The van der Waals surface area contributed by atoms with Crippen molar-refractivity contribution in [3.05, 3.63) is 70.8 Å². The number of hydrogen-bond donors (Lipinski definition) is 0. The van der Waals surface area contributed by atoms with Gasteiger partial charge in [0.1, 0.15) is 5.76 Å². The Morgan fingerprint density at radius 3 is 2.73 bits per heavy atom. The minimum Gasteiger partial charge on any atom is -0.441 e. The molecule has 6 heteroatoms. The fourth-order valence-electron chi connectivity index (χ4n) is 2.59. The van der Waals surface area contributed by atoms with Crippen LogP contribution in [-0.2, 0) is 17.6 Å². The summed E-state index contributed by atoms with van der Waals surface area (Å²) in [6.45, 7) is 2.46. The van der Waals surface area contributed by atoms with E-state index < -0.39 is 0 Å². The van der Waals surface area contributed by atoms with Crippen molar-refractivity contribution in [2.45, 2.75) is 19.8 Å². The Balaban J connectivity index is 1.64. The van der Waals surface area contributed by atoms with Crippen molar-refractivity contribution < 1.29 is 9.21 Å². The number of amides is 1. The second kappa shape index (κ2) is 8.15. The van der Waals surface area contributed by atoms with Crippen LogP contribution >= 0.6 is 11.6 Å². The van der Waals surface area contributed by atoms with Crippen molar-refractivity contribution in [1.29, 1.82) is 0 Å². The highest BCUT2D eigenvalue weighted by molar-refractivity contribution is 6.30. The molecule has 0 aliphatic rings. The molecule has 2 aromatic heterocycles. The Hall–Kier alpha value is -2.66. The molecular weight excluding hydrogens is 350 g/mol. The van der Waals surface area contributed by atoms with Gasteiger partial charge >= 0.3 is 0 Å². The van der Waals surface area contributed by atoms with Crippen molar-refractivity contribution in [3.8, 4) is 11.5 Å². The van der Waals surface area contributed by atoms with E-state index in [1.165, 1.54) is 0 Å². The van der Waals surface area contributed by atoms with E-state index in [9.17, 15) is 4.79 Å². The summed E-state index contributed by atoms with van der Waals surface area (Å²) in [7, 11) is 1.80. The first-order chi connectivity index (χ1) is 12.5. The van der Waals surface area contributed by atoms with E-state index in [4.69, 9.17) is 16.0 Å². The number of aromatic nitrogens is 2. The van der Waals surface area contributed by atoms with Gasteiger partial charge in [-0.1, -0.05) is 17.7 Å². The molecule has 0 atom stereocenters. The fourth-order valence-corrected chi connectivity index (χ4v) is 2.78. The van der Waals surface area contributed by atoms with Gasteiger partial charge in [0.15, 0.2) is 0 Å². The Morgan fingerprint density at radius 2 is 2.00 bits per heavy atom. The molecule has 0 radical (unpaired) electrons. The van der Waals surface area contributed by atoms with E-state index in [0.29, 0.717) is 28.9 Å². The van der Waals surface area contributed by atoms with Crippen LogP contribution in [0.3, 0.4) is 0 Å². The number of hydrogen-bond acceptors (Lipinski definition) is 4. The lowest BCUT2D eigenvalue weighted by Gasteiger charge is -2.16. The summed E-state index contributed by atoms with van der Waals surface area (Å²) in [5, 5.41) is 0.617. The van der Waals surface area contributed by atoms with Gasteiger partial charge < -0.3 is 9.32 Å². The molecule has 0 N–H and O–H groups in total. The number of nitrogens with zero attached hydrogens (tertiary/aromatic N) is 3. The van der Waals surface area contributed by atoms with Crippen LogP contribution in [0.2, 0.25) is 5.02 Å². The van der Waals surface area contributed by atoms with Gasteiger partial charge in [-0.2, -0.15) is 0 Å². The maximum absolute atomic E-state index is 12.5. The van der Waals surface area contributed by atoms with Crippen LogP contribution in [0.15, 0.2) is 53.2 Å². The predicted molar refractivity (Wildman–Crippen MR) is 101 cm³/mol. The Kier molecular flexibility index (Phi) is 5.68. The quantitative estimate of drug-likeness (QED) is 0.660. The minimum absolute atomic E-state index is 0.00750. The molecule has 1 amide bonds. The third-order valence-electron chi connectivity index (χ3n) is 4.19. The SMILES string of the molecule is Cc1oc(-c2cccc(Cl)c2)nc1CC(=O)N(C)CCc1ccncc1. The summed E-state index contributed by atoms with van der Waals surface area (Å²) < 4.78 is 5.72. The van der Waals surface area contributed by atoms with Gasteiger partial charge in [0, 0.05) is 36.6 Å². The van der Waals surface area contributed by atoms with Crippen LogP contribution in [0, 0.1) is 6.92 Å². The fraction of sp³-hybridized carbons (Fsp3) is 0.250. The number of likely N-dealkylation sites (N-methyl/N-ethyl adjacent to an activating group) is 1. The molecule has 3 rings (SSSR count). The third kappa shape index (κ3) is 4.49. The molecule has 0 aliphatic carbocycles. The monoisotopic (exact) mass is 369 g/mol. The zero-order valence-corrected chi connectivity index (χ0v) is 15.5. The number of benzene rings is 1. The summed E-state index contributed by atoms with van der Waals surface area (Å²) >= 11 is 6.02. The summed E-state index contributed by atoms with van der Waals surface area (Å²) in [6.07, 6.45) is 4.51. The number of carbonyl (C=O) groups excluding carboxylic acids is 1. The van der Waals surface area contributed by atoms with Crippen LogP contribution in [0.25, 0.3) is 11.5 Å². The van der Waals surface area contributed by atoms with Crippen molar-refractivity contribution >= 4 is 17.5 Å². The van der Waals surface area contributed by atoms with Crippen LogP contribution in [-0.4, -0.2) is 34.4 Å². The molecule has 3 aromatic rings. The van der Waals surface area contributed by atoms with E-state index >= 15 is 0 Å². The zero-order chi connectivity index (χ0) is 18.5. The lowest BCUT2D eigenvalue weighted by Crippen LogP contribution is -2.30. The molecule has 134 valence electrons. The molecule has 0 saturated heterocycles. The summed E-state index contributed by atoms with van der Waals surface area (Å²) in [4.78, 5) is 22.7. The molecule has 0 spiro atoms. The number of carbonyl (C=O) groups is 1. The molecule has 0 unspecified atom stereocenters. The van der Waals surface area contributed by atoms with Crippen molar-refractivity contribution in [1.82, 2.24) is 14.9 Å². The van der Waals surface area contributed by atoms with E-state index in [1.807, 2.05) is 31.2 Å². The van der Waals surface area contributed by atoms with Crippen molar-refractivity contribution in [2.24, 2.45) is 0 Å².